The minimum absolute atomic E-state index is 0.402. The maximum absolute atomic E-state index is 4.17. The normalized spacial score (nSPS) is 12.4. The topological polar surface area (TPSA) is 37.8 Å². The maximum Gasteiger partial charge on any atom is 0.206 e. The second-order valence-electron chi connectivity index (χ2n) is 3.57. The largest absolute Gasteiger partial charge is 0.360 e. The highest BCUT2D eigenvalue weighted by molar-refractivity contribution is 8.01. The van der Waals surface area contributed by atoms with Crippen molar-refractivity contribution in [3.8, 4) is 0 Å². The van der Waals surface area contributed by atoms with Gasteiger partial charge in [0.05, 0.1) is 0 Å². The van der Waals surface area contributed by atoms with E-state index in [9.17, 15) is 0 Å². The van der Waals surface area contributed by atoms with Crippen molar-refractivity contribution in [2.75, 3.05) is 11.9 Å². The molecule has 0 radical (unpaired) electrons. The number of benzene rings is 1. The van der Waals surface area contributed by atoms with Crippen LogP contribution in [-0.4, -0.2) is 16.7 Å². The van der Waals surface area contributed by atoms with E-state index in [1.807, 2.05) is 6.07 Å². The van der Waals surface area contributed by atoms with Crippen LogP contribution in [0.3, 0.4) is 0 Å². The van der Waals surface area contributed by atoms with Gasteiger partial charge in [0.25, 0.3) is 0 Å². The smallest absolute Gasteiger partial charge is 0.206 e. The Bertz CT molecular complexity index is 456. The second kappa shape index (κ2) is 6.02. The molecule has 2 aromatic rings. The van der Waals surface area contributed by atoms with Crippen LogP contribution >= 0.6 is 23.1 Å². The van der Waals surface area contributed by atoms with Gasteiger partial charge in [-0.2, -0.15) is 0 Å². The van der Waals surface area contributed by atoms with E-state index >= 15 is 0 Å². The first-order valence-corrected chi connectivity index (χ1v) is 7.28. The van der Waals surface area contributed by atoms with Crippen LogP contribution in [-0.2, 0) is 0 Å². The molecule has 0 aliphatic heterocycles. The first-order chi connectivity index (χ1) is 8.29. The molecule has 0 amide bonds. The van der Waals surface area contributed by atoms with Crippen molar-refractivity contribution in [1.82, 2.24) is 10.2 Å². The van der Waals surface area contributed by atoms with E-state index in [4.69, 9.17) is 0 Å². The maximum atomic E-state index is 4.17. The van der Waals surface area contributed by atoms with Gasteiger partial charge in [-0.25, -0.2) is 0 Å². The summed E-state index contributed by atoms with van der Waals surface area (Å²) >= 11 is 3.36. The van der Waals surface area contributed by atoms with Gasteiger partial charge in [-0.15, -0.1) is 10.2 Å². The minimum Gasteiger partial charge on any atom is -0.360 e. The van der Waals surface area contributed by atoms with Crippen LogP contribution in [0.1, 0.15) is 24.7 Å². The molecule has 0 fully saturated rings. The average Bonchev–Trinajstić information content (AvgIpc) is 2.78. The molecule has 5 heteroatoms. The van der Waals surface area contributed by atoms with Gasteiger partial charge < -0.3 is 5.32 Å². The third-order valence-electron chi connectivity index (χ3n) is 2.28. The molecule has 1 N–H and O–H groups in total. The quantitative estimate of drug-likeness (QED) is 0.834. The average molecular weight is 265 g/mol. The van der Waals surface area contributed by atoms with Crippen LogP contribution in [0.25, 0.3) is 0 Å². The SMILES string of the molecule is CCNc1nnc(S[C@@H](C)c2ccccc2)s1. The fourth-order valence-electron chi connectivity index (χ4n) is 1.42. The highest BCUT2D eigenvalue weighted by Gasteiger charge is 2.10. The Balaban J connectivity index is 2.00. The molecule has 0 saturated carbocycles. The standard InChI is InChI=1S/C12H15N3S2/c1-3-13-11-14-15-12(17-11)16-9(2)10-7-5-4-6-8-10/h4-9H,3H2,1-2H3,(H,13,14)/t9-/m0/s1. The molecule has 3 nitrogen and oxygen atoms in total. The molecule has 1 aromatic carbocycles. The van der Waals surface area contributed by atoms with E-state index in [0.29, 0.717) is 5.25 Å². The fraction of sp³-hybridized carbons (Fsp3) is 0.333. The molecule has 2 rings (SSSR count). The predicted molar refractivity (Wildman–Crippen MR) is 74.8 cm³/mol. The number of hydrogen-bond donors (Lipinski definition) is 1. The van der Waals surface area contributed by atoms with Crippen molar-refractivity contribution in [1.29, 1.82) is 0 Å². The fourth-order valence-corrected chi connectivity index (χ4v) is 3.51. The third kappa shape index (κ3) is 3.44. The molecule has 0 unspecified atom stereocenters. The van der Waals surface area contributed by atoms with E-state index in [1.165, 1.54) is 5.56 Å². The molecule has 90 valence electrons. The summed E-state index contributed by atoms with van der Waals surface area (Å²) in [7, 11) is 0. The Hall–Kier alpha value is -1.07. The Morgan fingerprint density at radius 1 is 1.29 bits per heavy atom. The van der Waals surface area contributed by atoms with E-state index < -0.39 is 0 Å². The Labute approximate surface area is 110 Å². The number of rotatable bonds is 5. The second-order valence-corrected chi connectivity index (χ2v) is 6.14. The van der Waals surface area contributed by atoms with E-state index in [-0.39, 0.29) is 0 Å². The number of nitrogens with zero attached hydrogens (tertiary/aromatic N) is 2. The van der Waals surface area contributed by atoms with Crippen molar-refractivity contribution in [3.05, 3.63) is 35.9 Å². The van der Waals surface area contributed by atoms with Crippen LogP contribution in [0.15, 0.2) is 34.7 Å². The van der Waals surface area contributed by atoms with Gasteiger partial charge in [-0.05, 0) is 19.4 Å². The molecule has 1 aromatic heterocycles. The number of aromatic nitrogens is 2. The summed E-state index contributed by atoms with van der Waals surface area (Å²) in [5.74, 6) is 0. The van der Waals surface area contributed by atoms with Crippen molar-refractivity contribution in [2.24, 2.45) is 0 Å². The molecule has 0 spiro atoms. The van der Waals surface area contributed by atoms with Crippen molar-refractivity contribution < 1.29 is 0 Å². The molecule has 0 aliphatic carbocycles. The third-order valence-corrected chi connectivity index (χ3v) is 4.40. The van der Waals surface area contributed by atoms with Gasteiger partial charge >= 0.3 is 0 Å². The number of hydrogen-bond acceptors (Lipinski definition) is 5. The summed E-state index contributed by atoms with van der Waals surface area (Å²) < 4.78 is 1.01. The molecular weight excluding hydrogens is 250 g/mol. The van der Waals surface area contributed by atoms with Crippen LogP contribution < -0.4 is 5.32 Å². The van der Waals surface area contributed by atoms with Gasteiger partial charge in [0.2, 0.25) is 5.13 Å². The first kappa shape index (κ1) is 12.4. The van der Waals surface area contributed by atoms with Crippen molar-refractivity contribution in [2.45, 2.75) is 23.4 Å². The van der Waals surface area contributed by atoms with Crippen LogP contribution in [0, 0.1) is 0 Å². The van der Waals surface area contributed by atoms with Gasteiger partial charge in [0, 0.05) is 11.8 Å². The molecule has 1 atom stereocenters. The van der Waals surface area contributed by atoms with E-state index in [2.05, 4.69) is 53.6 Å². The highest BCUT2D eigenvalue weighted by Crippen LogP contribution is 2.36. The summed E-state index contributed by atoms with van der Waals surface area (Å²) in [5.41, 5.74) is 1.32. The zero-order chi connectivity index (χ0) is 12.1. The van der Waals surface area contributed by atoms with E-state index in [0.717, 1.165) is 16.0 Å². The first-order valence-electron chi connectivity index (χ1n) is 5.58. The lowest BCUT2D eigenvalue weighted by molar-refractivity contribution is 0.992. The van der Waals surface area contributed by atoms with Crippen molar-refractivity contribution >= 4 is 28.2 Å². The van der Waals surface area contributed by atoms with Gasteiger partial charge in [0.1, 0.15) is 0 Å². The summed E-state index contributed by atoms with van der Waals surface area (Å²) in [6.45, 7) is 5.13. The Morgan fingerprint density at radius 3 is 2.76 bits per heavy atom. The molecule has 0 bridgehead atoms. The highest BCUT2D eigenvalue weighted by atomic mass is 32.2. The van der Waals surface area contributed by atoms with Crippen LogP contribution in [0.2, 0.25) is 0 Å². The monoisotopic (exact) mass is 265 g/mol. The van der Waals surface area contributed by atoms with Gasteiger partial charge in [-0.3, -0.25) is 0 Å². The van der Waals surface area contributed by atoms with E-state index in [1.54, 1.807) is 23.1 Å². The lowest BCUT2D eigenvalue weighted by Crippen LogP contribution is -1.94. The summed E-state index contributed by atoms with van der Waals surface area (Å²) in [6.07, 6.45) is 0. The predicted octanol–water partition coefficient (Wildman–Crippen LogP) is 3.82. The molecular formula is C12H15N3S2. The Kier molecular flexibility index (Phi) is 4.39. The lowest BCUT2D eigenvalue weighted by atomic mass is 10.2. The van der Waals surface area contributed by atoms with Gasteiger partial charge in [-0.1, -0.05) is 53.4 Å². The van der Waals surface area contributed by atoms with Gasteiger partial charge in [0.15, 0.2) is 4.34 Å². The number of thioether (sulfide) groups is 1. The summed E-state index contributed by atoms with van der Waals surface area (Å²) in [5, 5.41) is 12.7. The zero-order valence-corrected chi connectivity index (χ0v) is 11.5. The number of anilines is 1. The van der Waals surface area contributed by atoms with Crippen LogP contribution in [0.4, 0.5) is 5.13 Å². The minimum atomic E-state index is 0.402. The number of nitrogens with one attached hydrogen (secondary N) is 1. The summed E-state index contributed by atoms with van der Waals surface area (Å²) in [6, 6.07) is 10.5. The van der Waals surface area contributed by atoms with Crippen LogP contribution in [0.5, 0.6) is 0 Å². The molecule has 0 saturated heterocycles. The molecule has 17 heavy (non-hydrogen) atoms. The molecule has 0 aliphatic rings. The summed E-state index contributed by atoms with van der Waals surface area (Å²) in [4.78, 5) is 0. The van der Waals surface area contributed by atoms with Crippen molar-refractivity contribution in [3.63, 3.8) is 0 Å². The lowest BCUT2D eigenvalue weighted by Gasteiger charge is -2.08. The Morgan fingerprint density at radius 2 is 2.06 bits per heavy atom. The zero-order valence-electron chi connectivity index (χ0n) is 9.88. The molecule has 1 heterocycles.